The van der Waals surface area contributed by atoms with Gasteiger partial charge in [-0.25, -0.2) is 8.42 Å². The molecule has 2 aromatic carbocycles. The van der Waals surface area contributed by atoms with Crippen LogP contribution in [0.1, 0.15) is 19.3 Å². The average Bonchev–Trinajstić information content (AvgIpc) is 2.80. The van der Waals surface area contributed by atoms with Gasteiger partial charge in [0.1, 0.15) is 4.90 Å². The standard InChI is InChI=1S/C23H29ClN4O3S/c24-21-6-2-3-7-22(21)32(30,31)28-16-14-26(15-17-28)18-23(29)25-19-8-10-20(11-9-19)27-12-4-1-5-13-27/h2-3,6-11H,1,4-5,12-18H2,(H,25,29). The van der Waals surface area contributed by atoms with Crippen molar-refractivity contribution in [1.82, 2.24) is 9.21 Å². The van der Waals surface area contributed by atoms with Crippen molar-refractivity contribution in [2.75, 3.05) is 56.0 Å². The lowest BCUT2D eigenvalue weighted by atomic mass is 10.1. The van der Waals surface area contributed by atoms with Gasteiger partial charge in [0.25, 0.3) is 0 Å². The van der Waals surface area contributed by atoms with Gasteiger partial charge >= 0.3 is 0 Å². The van der Waals surface area contributed by atoms with E-state index in [4.69, 9.17) is 11.6 Å². The molecule has 2 aliphatic heterocycles. The van der Waals surface area contributed by atoms with E-state index in [9.17, 15) is 13.2 Å². The molecule has 1 N–H and O–H groups in total. The summed E-state index contributed by atoms with van der Waals surface area (Å²) in [6.07, 6.45) is 3.75. The minimum atomic E-state index is -3.64. The summed E-state index contributed by atoms with van der Waals surface area (Å²) >= 11 is 6.08. The minimum Gasteiger partial charge on any atom is -0.372 e. The number of piperidine rings is 1. The Labute approximate surface area is 195 Å². The topological polar surface area (TPSA) is 73.0 Å². The summed E-state index contributed by atoms with van der Waals surface area (Å²) in [6, 6.07) is 14.5. The second kappa shape index (κ2) is 10.2. The zero-order chi connectivity index (χ0) is 22.6. The van der Waals surface area contributed by atoms with E-state index in [2.05, 4.69) is 22.3 Å². The Morgan fingerprint density at radius 1 is 0.875 bits per heavy atom. The molecule has 0 atom stereocenters. The molecule has 0 saturated carbocycles. The highest BCUT2D eigenvalue weighted by molar-refractivity contribution is 7.89. The molecule has 2 aromatic rings. The molecule has 0 aromatic heterocycles. The van der Waals surface area contributed by atoms with E-state index in [-0.39, 0.29) is 22.4 Å². The predicted molar refractivity (Wildman–Crippen MR) is 128 cm³/mol. The van der Waals surface area contributed by atoms with Crippen LogP contribution in [0.3, 0.4) is 0 Å². The quantitative estimate of drug-likeness (QED) is 0.692. The van der Waals surface area contributed by atoms with Crippen molar-refractivity contribution in [2.45, 2.75) is 24.2 Å². The Bertz CT molecular complexity index is 1030. The maximum atomic E-state index is 12.9. The number of piperazine rings is 1. The van der Waals surface area contributed by atoms with Crippen LogP contribution < -0.4 is 10.2 Å². The fraction of sp³-hybridized carbons (Fsp3) is 0.435. The van der Waals surface area contributed by atoms with E-state index in [0.717, 1.165) is 18.8 Å². The first-order valence-electron chi connectivity index (χ1n) is 11.1. The van der Waals surface area contributed by atoms with Gasteiger partial charge in [-0.2, -0.15) is 4.31 Å². The van der Waals surface area contributed by atoms with Crippen LogP contribution in [0.5, 0.6) is 0 Å². The summed E-state index contributed by atoms with van der Waals surface area (Å²) in [5.74, 6) is -0.0990. The number of hydrogen-bond acceptors (Lipinski definition) is 5. The number of benzene rings is 2. The van der Waals surface area contributed by atoms with E-state index in [1.54, 1.807) is 18.2 Å². The third-order valence-corrected chi connectivity index (χ3v) is 8.42. The Balaban J connectivity index is 1.27. The van der Waals surface area contributed by atoms with Gasteiger partial charge in [0, 0.05) is 50.6 Å². The number of hydrogen-bond donors (Lipinski definition) is 1. The molecule has 0 bridgehead atoms. The van der Waals surface area contributed by atoms with Gasteiger partial charge in [-0.15, -0.1) is 0 Å². The van der Waals surface area contributed by atoms with Crippen molar-refractivity contribution in [2.24, 2.45) is 0 Å². The maximum absolute atomic E-state index is 12.9. The van der Waals surface area contributed by atoms with Crippen molar-refractivity contribution in [3.63, 3.8) is 0 Å². The highest BCUT2D eigenvalue weighted by Crippen LogP contribution is 2.25. The van der Waals surface area contributed by atoms with Crippen LogP contribution in [-0.2, 0) is 14.8 Å². The summed E-state index contributed by atoms with van der Waals surface area (Å²) in [4.78, 5) is 17.0. The van der Waals surface area contributed by atoms with Crippen LogP contribution in [0.4, 0.5) is 11.4 Å². The van der Waals surface area contributed by atoms with Crippen molar-refractivity contribution >= 4 is 38.9 Å². The number of carbonyl (C=O) groups excluding carboxylic acids is 1. The molecule has 7 nitrogen and oxygen atoms in total. The lowest BCUT2D eigenvalue weighted by Crippen LogP contribution is -2.50. The van der Waals surface area contributed by atoms with Gasteiger partial charge in [0.2, 0.25) is 15.9 Å². The molecular formula is C23H29ClN4O3S. The number of sulfonamides is 1. The van der Waals surface area contributed by atoms with Crippen molar-refractivity contribution in [1.29, 1.82) is 0 Å². The third-order valence-electron chi connectivity index (χ3n) is 6.03. The summed E-state index contributed by atoms with van der Waals surface area (Å²) in [5, 5.41) is 3.17. The van der Waals surface area contributed by atoms with Crippen LogP contribution >= 0.6 is 11.6 Å². The largest absolute Gasteiger partial charge is 0.372 e. The fourth-order valence-corrected chi connectivity index (χ4v) is 6.15. The van der Waals surface area contributed by atoms with Gasteiger partial charge in [0.05, 0.1) is 11.6 Å². The van der Waals surface area contributed by atoms with E-state index in [0.29, 0.717) is 26.2 Å². The molecule has 9 heteroatoms. The molecule has 0 radical (unpaired) electrons. The fourth-order valence-electron chi connectivity index (χ4n) is 4.23. The smallest absolute Gasteiger partial charge is 0.244 e. The first-order valence-corrected chi connectivity index (χ1v) is 12.9. The Morgan fingerprint density at radius 2 is 1.53 bits per heavy atom. The number of nitrogens with one attached hydrogen (secondary N) is 1. The third kappa shape index (κ3) is 5.43. The lowest BCUT2D eigenvalue weighted by Gasteiger charge is -2.33. The summed E-state index contributed by atoms with van der Waals surface area (Å²) in [7, 11) is -3.64. The zero-order valence-corrected chi connectivity index (χ0v) is 19.6. The van der Waals surface area contributed by atoms with E-state index < -0.39 is 10.0 Å². The van der Waals surface area contributed by atoms with Gasteiger partial charge < -0.3 is 10.2 Å². The Morgan fingerprint density at radius 3 is 2.19 bits per heavy atom. The molecular weight excluding hydrogens is 448 g/mol. The molecule has 0 unspecified atom stereocenters. The van der Waals surface area contributed by atoms with Crippen LogP contribution in [0.15, 0.2) is 53.4 Å². The van der Waals surface area contributed by atoms with Crippen molar-refractivity contribution in [3.8, 4) is 0 Å². The Hall–Kier alpha value is -2.13. The summed E-state index contributed by atoms with van der Waals surface area (Å²) in [5.41, 5.74) is 1.97. The number of rotatable bonds is 6. The normalized spacial score (nSPS) is 18.5. The van der Waals surface area contributed by atoms with Crippen molar-refractivity contribution < 1.29 is 13.2 Å². The Kier molecular flexibility index (Phi) is 7.35. The molecule has 4 rings (SSSR count). The highest BCUT2D eigenvalue weighted by Gasteiger charge is 2.30. The van der Waals surface area contributed by atoms with E-state index >= 15 is 0 Å². The van der Waals surface area contributed by atoms with Crippen LogP contribution in [0, 0.1) is 0 Å². The molecule has 2 fully saturated rings. The lowest BCUT2D eigenvalue weighted by molar-refractivity contribution is -0.117. The minimum absolute atomic E-state index is 0.0990. The average molecular weight is 477 g/mol. The molecule has 2 aliphatic rings. The van der Waals surface area contributed by atoms with Gasteiger partial charge in [-0.05, 0) is 55.7 Å². The molecule has 2 saturated heterocycles. The molecule has 1 amide bonds. The van der Waals surface area contributed by atoms with Crippen LogP contribution in [-0.4, -0.2) is 69.3 Å². The zero-order valence-electron chi connectivity index (χ0n) is 18.0. The number of nitrogens with zero attached hydrogens (tertiary/aromatic N) is 3. The second-order valence-corrected chi connectivity index (χ2v) is 10.6. The first-order chi connectivity index (χ1) is 15.4. The maximum Gasteiger partial charge on any atom is 0.244 e. The second-order valence-electron chi connectivity index (χ2n) is 8.25. The molecule has 0 spiro atoms. The number of anilines is 2. The number of halogens is 1. The van der Waals surface area contributed by atoms with Crippen LogP contribution in [0.2, 0.25) is 5.02 Å². The van der Waals surface area contributed by atoms with E-state index in [1.165, 1.54) is 35.3 Å². The molecule has 0 aliphatic carbocycles. The van der Waals surface area contributed by atoms with Gasteiger partial charge in [-0.3, -0.25) is 9.69 Å². The van der Waals surface area contributed by atoms with Gasteiger partial charge in [0.15, 0.2) is 0 Å². The first kappa shape index (κ1) is 23.0. The predicted octanol–water partition coefficient (Wildman–Crippen LogP) is 3.28. The summed E-state index contributed by atoms with van der Waals surface area (Å²) < 4.78 is 27.2. The number of amides is 1. The van der Waals surface area contributed by atoms with Crippen molar-refractivity contribution in [3.05, 3.63) is 53.6 Å². The molecule has 32 heavy (non-hydrogen) atoms. The molecule has 2 heterocycles. The monoisotopic (exact) mass is 476 g/mol. The highest BCUT2D eigenvalue weighted by atomic mass is 35.5. The SMILES string of the molecule is O=C(CN1CCN(S(=O)(=O)c2ccccc2Cl)CC1)Nc1ccc(N2CCCCC2)cc1. The van der Waals surface area contributed by atoms with Crippen LogP contribution in [0.25, 0.3) is 0 Å². The summed E-state index contributed by atoms with van der Waals surface area (Å²) in [6.45, 7) is 4.04. The van der Waals surface area contributed by atoms with Gasteiger partial charge in [-0.1, -0.05) is 23.7 Å². The van der Waals surface area contributed by atoms with E-state index in [1.807, 2.05) is 17.0 Å². The number of carbonyl (C=O) groups is 1. The molecule has 172 valence electrons.